The van der Waals surface area contributed by atoms with E-state index in [4.69, 9.17) is 0 Å². The molecule has 0 radical (unpaired) electrons. The number of aromatic nitrogens is 1. The molecule has 2 N–H and O–H groups in total. The van der Waals surface area contributed by atoms with Crippen LogP contribution in [-0.2, 0) is 6.54 Å². The molecule has 0 aliphatic heterocycles. The summed E-state index contributed by atoms with van der Waals surface area (Å²) in [5.41, 5.74) is 0.287. The minimum atomic E-state index is -0.485. The van der Waals surface area contributed by atoms with Crippen LogP contribution in [-0.4, -0.2) is 35.0 Å². The van der Waals surface area contributed by atoms with E-state index in [1.54, 1.807) is 4.57 Å². The molecular weight excluding hydrogens is 248 g/mol. The van der Waals surface area contributed by atoms with Crippen LogP contribution < -0.4 is 10.6 Å². The van der Waals surface area contributed by atoms with Gasteiger partial charge in [0, 0.05) is 25.7 Å². The molecular formula is C12H20N4O3. The van der Waals surface area contributed by atoms with Crippen LogP contribution in [0.2, 0.25) is 0 Å². The van der Waals surface area contributed by atoms with E-state index in [9.17, 15) is 14.9 Å². The Morgan fingerprint density at radius 3 is 2.74 bits per heavy atom. The highest BCUT2D eigenvalue weighted by atomic mass is 16.6. The Morgan fingerprint density at radius 1 is 1.42 bits per heavy atom. The zero-order chi connectivity index (χ0) is 14.3. The van der Waals surface area contributed by atoms with Crippen molar-refractivity contribution in [2.24, 2.45) is 0 Å². The monoisotopic (exact) mass is 268 g/mol. The van der Waals surface area contributed by atoms with E-state index in [2.05, 4.69) is 10.6 Å². The summed E-state index contributed by atoms with van der Waals surface area (Å²) >= 11 is 0. The maximum atomic E-state index is 12.0. The second-order valence-corrected chi connectivity index (χ2v) is 4.14. The molecule has 1 amide bonds. The van der Waals surface area contributed by atoms with Crippen LogP contribution in [0.5, 0.6) is 0 Å². The largest absolute Gasteiger partial charge is 0.349 e. The average Bonchev–Trinajstić information content (AvgIpc) is 2.79. The van der Waals surface area contributed by atoms with Gasteiger partial charge in [-0.15, -0.1) is 0 Å². The Kier molecular flexibility index (Phi) is 6.01. The van der Waals surface area contributed by atoms with Gasteiger partial charge in [-0.3, -0.25) is 14.9 Å². The fourth-order valence-corrected chi connectivity index (χ4v) is 1.74. The van der Waals surface area contributed by atoms with Crippen LogP contribution in [0.15, 0.2) is 12.3 Å². The lowest BCUT2D eigenvalue weighted by molar-refractivity contribution is -0.384. The molecule has 0 fully saturated rings. The first-order chi connectivity index (χ1) is 9.10. The lowest BCUT2D eigenvalue weighted by Crippen LogP contribution is -2.32. The van der Waals surface area contributed by atoms with Gasteiger partial charge in [0.2, 0.25) is 0 Å². The van der Waals surface area contributed by atoms with E-state index in [1.165, 1.54) is 12.3 Å². The molecule has 7 nitrogen and oxygen atoms in total. The molecule has 0 bridgehead atoms. The third kappa shape index (κ3) is 4.36. The molecule has 1 aromatic heterocycles. The van der Waals surface area contributed by atoms with Gasteiger partial charge < -0.3 is 15.2 Å². The van der Waals surface area contributed by atoms with Crippen LogP contribution in [0.3, 0.4) is 0 Å². The van der Waals surface area contributed by atoms with E-state index in [1.807, 2.05) is 13.8 Å². The van der Waals surface area contributed by atoms with Crippen LogP contribution >= 0.6 is 0 Å². The topological polar surface area (TPSA) is 89.2 Å². The predicted octanol–water partition coefficient (Wildman–Crippen LogP) is 1.15. The Labute approximate surface area is 112 Å². The lowest BCUT2D eigenvalue weighted by Gasteiger charge is -2.08. The summed E-state index contributed by atoms with van der Waals surface area (Å²) in [5.74, 6) is -0.278. The molecule has 106 valence electrons. The summed E-state index contributed by atoms with van der Waals surface area (Å²) in [6.45, 7) is 6.55. The van der Waals surface area contributed by atoms with Crippen molar-refractivity contribution in [1.29, 1.82) is 0 Å². The SMILES string of the molecule is CCCn1cc([N+](=O)[O-])cc1C(=O)NCCNCC. The highest BCUT2D eigenvalue weighted by Gasteiger charge is 2.18. The van der Waals surface area contributed by atoms with Crippen LogP contribution in [0.1, 0.15) is 30.8 Å². The molecule has 0 saturated carbocycles. The molecule has 0 aliphatic carbocycles. The van der Waals surface area contributed by atoms with Crippen molar-refractivity contribution >= 4 is 11.6 Å². The third-order valence-corrected chi connectivity index (χ3v) is 2.63. The van der Waals surface area contributed by atoms with Gasteiger partial charge in [0.05, 0.1) is 11.1 Å². The molecule has 1 heterocycles. The Bertz CT molecular complexity index is 442. The van der Waals surface area contributed by atoms with Crippen molar-refractivity contribution in [3.8, 4) is 0 Å². The third-order valence-electron chi connectivity index (χ3n) is 2.63. The van der Waals surface area contributed by atoms with Gasteiger partial charge in [-0.1, -0.05) is 13.8 Å². The first-order valence-electron chi connectivity index (χ1n) is 6.43. The smallest absolute Gasteiger partial charge is 0.287 e. The molecule has 0 aromatic carbocycles. The first-order valence-corrected chi connectivity index (χ1v) is 6.43. The molecule has 0 atom stereocenters. The first kappa shape index (κ1) is 15.2. The van der Waals surface area contributed by atoms with Crippen molar-refractivity contribution in [2.75, 3.05) is 19.6 Å². The fourth-order valence-electron chi connectivity index (χ4n) is 1.74. The Hall–Kier alpha value is -1.89. The molecule has 0 unspecified atom stereocenters. The van der Waals surface area contributed by atoms with E-state index in [-0.39, 0.29) is 11.6 Å². The average molecular weight is 268 g/mol. The summed E-state index contributed by atoms with van der Waals surface area (Å²) in [6, 6.07) is 1.32. The molecule has 7 heteroatoms. The van der Waals surface area contributed by atoms with Gasteiger partial charge in [-0.25, -0.2) is 0 Å². The number of carbonyl (C=O) groups excluding carboxylic acids is 1. The van der Waals surface area contributed by atoms with Gasteiger partial charge in [-0.05, 0) is 13.0 Å². The van der Waals surface area contributed by atoms with Gasteiger partial charge in [0.25, 0.3) is 11.6 Å². The van der Waals surface area contributed by atoms with Gasteiger partial charge in [0.1, 0.15) is 5.69 Å². The normalized spacial score (nSPS) is 10.4. The molecule has 0 aliphatic rings. The number of amides is 1. The van der Waals surface area contributed by atoms with Crippen LogP contribution in [0.4, 0.5) is 5.69 Å². The number of rotatable bonds is 8. The number of nitro groups is 1. The van der Waals surface area contributed by atoms with Crippen molar-refractivity contribution in [1.82, 2.24) is 15.2 Å². The minimum absolute atomic E-state index is 0.0507. The standard InChI is InChI=1S/C12H20N4O3/c1-3-7-15-9-10(16(18)19)8-11(15)12(17)14-6-5-13-4-2/h8-9,13H,3-7H2,1-2H3,(H,14,17). The molecule has 0 spiro atoms. The predicted molar refractivity (Wildman–Crippen MR) is 72.3 cm³/mol. The zero-order valence-corrected chi connectivity index (χ0v) is 11.3. The summed E-state index contributed by atoms with van der Waals surface area (Å²) in [5, 5.41) is 16.6. The van der Waals surface area contributed by atoms with Crippen LogP contribution in [0.25, 0.3) is 0 Å². The number of hydrogen-bond acceptors (Lipinski definition) is 4. The molecule has 19 heavy (non-hydrogen) atoms. The maximum absolute atomic E-state index is 12.0. The van der Waals surface area contributed by atoms with E-state index >= 15 is 0 Å². The van der Waals surface area contributed by atoms with E-state index in [0.717, 1.165) is 13.0 Å². The summed E-state index contributed by atoms with van der Waals surface area (Å²) in [6.07, 6.45) is 2.21. The number of aryl methyl sites for hydroxylation is 1. The second-order valence-electron chi connectivity index (χ2n) is 4.14. The van der Waals surface area contributed by atoms with Crippen LogP contribution in [0, 0.1) is 10.1 Å². The second kappa shape index (κ2) is 7.52. The zero-order valence-electron chi connectivity index (χ0n) is 11.3. The molecule has 1 aromatic rings. The van der Waals surface area contributed by atoms with E-state index in [0.29, 0.717) is 25.3 Å². The minimum Gasteiger partial charge on any atom is -0.349 e. The number of nitrogens with one attached hydrogen (secondary N) is 2. The maximum Gasteiger partial charge on any atom is 0.287 e. The lowest BCUT2D eigenvalue weighted by atomic mass is 10.3. The fraction of sp³-hybridized carbons (Fsp3) is 0.583. The van der Waals surface area contributed by atoms with Gasteiger partial charge in [0.15, 0.2) is 0 Å². The number of likely N-dealkylation sites (N-methyl/N-ethyl adjacent to an activating group) is 1. The number of hydrogen-bond donors (Lipinski definition) is 2. The summed E-state index contributed by atoms with van der Waals surface area (Å²) < 4.78 is 1.63. The van der Waals surface area contributed by atoms with Gasteiger partial charge >= 0.3 is 0 Å². The summed E-state index contributed by atoms with van der Waals surface area (Å²) in [4.78, 5) is 22.2. The van der Waals surface area contributed by atoms with Gasteiger partial charge in [-0.2, -0.15) is 0 Å². The Morgan fingerprint density at radius 2 is 2.16 bits per heavy atom. The highest BCUT2D eigenvalue weighted by molar-refractivity contribution is 5.93. The van der Waals surface area contributed by atoms with Crippen molar-refractivity contribution < 1.29 is 9.72 Å². The Balaban J connectivity index is 2.73. The quantitative estimate of drug-likeness (QED) is 0.420. The molecule has 0 saturated heterocycles. The number of nitrogens with zero attached hydrogens (tertiary/aromatic N) is 2. The summed E-state index contributed by atoms with van der Waals surface area (Å²) in [7, 11) is 0. The number of carbonyl (C=O) groups is 1. The van der Waals surface area contributed by atoms with E-state index < -0.39 is 4.92 Å². The van der Waals surface area contributed by atoms with Crippen molar-refractivity contribution in [3.05, 3.63) is 28.1 Å². The highest BCUT2D eigenvalue weighted by Crippen LogP contribution is 2.16. The van der Waals surface area contributed by atoms with Crippen molar-refractivity contribution in [2.45, 2.75) is 26.8 Å². The molecule has 1 rings (SSSR count). The van der Waals surface area contributed by atoms with Crippen molar-refractivity contribution in [3.63, 3.8) is 0 Å².